The minimum absolute atomic E-state index is 0.789. The van der Waals surface area contributed by atoms with Crippen molar-refractivity contribution in [3.63, 3.8) is 0 Å². The molecule has 0 aliphatic heterocycles. The maximum Gasteiger partial charge on any atom is -0.0159 e. The smallest absolute Gasteiger partial charge is 0.0159 e. The van der Waals surface area contributed by atoms with E-state index in [1.54, 1.807) is 5.56 Å². The number of rotatable bonds is 5. The number of hydrogen-bond donors (Lipinski definition) is 0. The Morgan fingerprint density at radius 3 is 2.09 bits per heavy atom. The van der Waals surface area contributed by atoms with Gasteiger partial charge in [-0.25, -0.2) is 0 Å². The lowest BCUT2D eigenvalue weighted by atomic mass is 9.76. The zero-order valence-corrected chi connectivity index (χ0v) is 14.7. The number of aryl methyl sites for hydroxylation is 1. The first kappa shape index (κ1) is 16.3. The summed E-state index contributed by atoms with van der Waals surface area (Å²) >= 11 is 0. The highest BCUT2D eigenvalue weighted by Crippen LogP contribution is 2.38. The van der Waals surface area contributed by atoms with E-state index in [0.29, 0.717) is 0 Å². The SMILES string of the molecule is CCC[C@H]1CCC[C@H](c2ccc(-c3ccc(CC)cc3)cc2)C1. The van der Waals surface area contributed by atoms with Crippen LogP contribution in [0.2, 0.25) is 0 Å². The Morgan fingerprint density at radius 1 is 0.826 bits per heavy atom. The van der Waals surface area contributed by atoms with Crippen molar-refractivity contribution in [2.45, 2.75) is 64.7 Å². The van der Waals surface area contributed by atoms with Gasteiger partial charge < -0.3 is 0 Å². The first-order chi connectivity index (χ1) is 11.3. The van der Waals surface area contributed by atoms with Crippen molar-refractivity contribution < 1.29 is 0 Å². The van der Waals surface area contributed by atoms with E-state index < -0.39 is 0 Å². The Balaban J connectivity index is 1.71. The van der Waals surface area contributed by atoms with Gasteiger partial charge >= 0.3 is 0 Å². The fourth-order valence-corrected chi connectivity index (χ4v) is 4.14. The first-order valence-corrected chi connectivity index (χ1v) is 9.49. The van der Waals surface area contributed by atoms with E-state index in [0.717, 1.165) is 18.3 Å². The number of benzene rings is 2. The van der Waals surface area contributed by atoms with Crippen molar-refractivity contribution >= 4 is 0 Å². The standard InChI is InChI=1S/C23H30/c1-3-6-19-7-5-8-23(17-19)22-15-13-21(14-16-22)20-11-9-18(4-2)10-12-20/h9-16,19,23H,3-8,17H2,1-2H3/t19-,23-/m0/s1. The summed E-state index contributed by atoms with van der Waals surface area (Å²) in [6.45, 7) is 4.53. The summed E-state index contributed by atoms with van der Waals surface area (Å²) in [7, 11) is 0. The molecule has 2 aromatic carbocycles. The molecule has 23 heavy (non-hydrogen) atoms. The third-order valence-electron chi connectivity index (χ3n) is 5.56. The molecule has 2 aromatic rings. The third kappa shape index (κ3) is 4.05. The molecule has 1 saturated carbocycles. The molecule has 0 aromatic heterocycles. The van der Waals surface area contributed by atoms with Gasteiger partial charge in [0.2, 0.25) is 0 Å². The van der Waals surface area contributed by atoms with Crippen LogP contribution >= 0.6 is 0 Å². The Bertz CT molecular complexity index is 589. The zero-order chi connectivity index (χ0) is 16.1. The second-order valence-electron chi connectivity index (χ2n) is 7.19. The molecule has 1 aliphatic carbocycles. The maximum absolute atomic E-state index is 2.38. The highest BCUT2D eigenvalue weighted by molar-refractivity contribution is 5.64. The minimum atomic E-state index is 0.789. The highest BCUT2D eigenvalue weighted by Gasteiger charge is 2.22. The Morgan fingerprint density at radius 2 is 1.48 bits per heavy atom. The molecule has 0 nitrogen and oxygen atoms in total. The van der Waals surface area contributed by atoms with Crippen molar-refractivity contribution in [1.29, 1.82) is 0 Å². The molecule has 0 N–H and O–H groups in total. The van der Waals surface area contributed by atoms with Crippen LogP contribution < -0.4 is 0 Å². The molecular weight excluding hydrogens is 276 g/mol. The molecule has 122 valence electrons. The van der Waals surface area contributed by atoms with Crippen LogP contribution in [-0.4, -0.2) is 0 Å². The zero-order valence-electron chi connectivity index (χ0n) is 14.7. The summed E-state index contributed by atoms with van der Waals surface area (Å²) in [5.74, 6) is 1.75. The summed E-state index contributed by atoms with van der Waals surface area (Å²) in [6.07, 6.45) is 9.51. The second kappa shape index (κ2) is 7.81. The van der Waals surface area contributed by atoms with Crippen LogP contribution in [0.1, 0.15) is 69.4 Å². The quantitative estimate of drug-likeness (QED) is 0.558. The second-order valence-corrected chi connectivity index (χ2v) is 7.19. The van der Waals surface area contributed by atoms with Gasteiger partial charge in [0.15, 0.2) is 0 Å². The maximum atomic E-state index is 2.38. The van der Waals surface area contributed by atoms with Gasteiger partial charge in [0.05, 0.1) is 0 Å². The van der Waals surface area contributed by atoms with E-state index >= 15 is 0 Å². The van der Waals surface area contributed by atoms with Crippen molar-refractivity contribution in [2.24, 2.45) is 5.92 Å². The van der Waals surface area contributed by atoms with Gasteiger partial charge in [-0.15, -0.1) is 0 Å². The normalized spacial score (nSPS) is 21.3. The van der Waals surface area contributed by atoms with Crippen LogP contribution in [0.4, 0.5) is 0 Å². The molecule has 1 fully saturated rings. The molecular formula is C23H30. The van der Waals surface area contributed by atoms with E-state index in [2.05, 4.69) is 62.4 Å². The average molecular weight is 306 g/mol. The molecule has 0 saturated heterocycles. The molecule has 1 aliphatic rings. The van der Waals surface area contributed by atoms with Crippen LogP contribution in [0.15, 0.2) is 48.5 Å². The van der Waals surface area contributed by atoms with Crippen LogP contribution in [-0.2, 0) is 6.42 Å². The van der Waals surface area contributed by atoms with Crippen LogP contribution in [0.5, 0.6) is 0 Å². The minimum Gasteiger partial charge on any atom is -0.0654 e. The number of hydrogen-bond acceptors (Lipinski definition) is 0. The summed E-state index contributed by atoms with van der Waals surface area (Å²) in [4.78, 5) is 0. The summed E-state index contributed by atoms with van der Waals surface area (Å²) in [5, 5.41) is 0. The highest BCUT2D eigenvalue weighted by atomic mass is 14.3. The van der Waals surface area contributed by atoms with E-state index in [-0.39, 0.29) is 0 Å². The van der Waals surface area contributed by atoms with Crippen LogP contribution in [0, 0.1) is 5.92 Å². The van der Waals surface area contributed by atoms with Crippen molar-refractivity contribution in [3.05, 3.63) is 59.7 Å². The van der Waals surface area contributed by atoms with Gasteiger partial charge in [-0.3, -0.25) is 0 Å². The van der Waals surface area contributed by atoms with Crippen LogP contribution in [0.25, 0.3) is 11.1 Å². The first-order valence-electron chi connectivity index (χ1n) is 9.49. The molecule has 0 spiro atoms. The lowest BCUT2D eigenvalue weighted by molar-refractivity contribution is 0.304. The molecule has 0 radical (unpaired) electrons. The van der Waals surface area contributed by atoms with Crippen molar-refractivity contribution in [1.82, 2.24) is 0 Å². The molecule has 0 heterocycles. The van der Waals surface area contributed by atoms with E-state index in [9.17, 15) is 0 Å². The predicted octanol–water partition coefficient (Wildman–Crippen LogP) is 6.99. The van der Waals surface area contributed by atoms with Crippen molar-refractivity contribution in [2.75, 3.05) is 0 Å². The van der Waals surface area contributed by atoms with Gasteiger partial charge in [-0.05, 0) is 53.4 Å². The van der Waals surface area contributed by atoms with Gasteiger partial charge in [-0.1, -0.05) is 88.1 Å². The van der Waals surface area contributed by atoms with Gasteiger partial charge in [-0.2, -0.15) is 0 Å². The summed E-state index contributed by atoms with van der Waals surface area (Å²) in [5.41, 5.74) is 5.65. The third-order valence-corrected chi connectivity index (χ3v) is 5.56. The lowest BCUT2D eigenvalue weighted by Gasteiger charge is -2.29. The fourth-order valence-electron chi connectivity index (χ4n) is 4.14. The van der Waals surface area contributed by atoms with Gasteiger partial charge in [0, 0.05) is 0 Å². The average Bonchev–Trinajstić information content (AvgIpc) is 2.62. The molecule has 0 amide bonds. The molecule has 3 rings (SSSR count). The lowest BCUT2D eigenvalue weighted by Crippen LogP contribution is -2.14. The van der Waals surface area contributed by atoms with Crippen LogP contribution in [0.3, 0.4) is 0 Å². The van der Waals surface area contributed by atoms with E-state index in [1.165, 1.54) is 55.2 Å². The molecule has 0 bridgehead atoms. The summed E-state index contributed by atoms with van der Waals surface area (Å²) < 4.78 is 0. The fraction of sp³-hybridized carbons (Fsp3) is 0.478. The van der Waals surface area contributed by atoms with Crippen molar-refractivity contribution in [3.8, 4) is 11.1 Å². The Hall–Kier alpha value is -1.56. The van der Waals surface area contributed by atoms with E-state index in [1.807, 2.05) is 0 Å². The van der Waals surface area contributed by atoms with Gasteiger partial charge in [0.1, 0.15) is 0 Å². The molecule has 0 unspecified atom stereocenters. The largest absolute Gasteiger partial charge is 0.0654 e. The molecule has 0 heteroatoms. The monoisotopic (exact) mass is 306 g/mol. The summed E-state index contributed by atoms with van der Waals surface area (Å²) in [6, 6.07) is 18.4. The van der Waals surface area contributed by atoms with E-state index in [4.69, 9.17) is 0 Å². The Kier molecular flexibility index (Phi) is 5.54. The molecule has 2 atom stereocenters. The Labute approximate surface area is 141 Å². The predicted molar refractivity (Wildman–Crippen MR) is 101 cm³/mol. The van der Waals surface area contributed by atoms with Gasteiger partial charge in [0.25, 0.3) is 0 Å². The topological polar surface area (TPSA) is 0 Å².